The lowest BCUT2D eigenvalue weighted by molar-refractivity contribution is -0.136. The molecule has 22 heavy (non-hydrogen) atoms. The summed E-state index contributed by atoms with van der Waals surface area (Å²) in [6.07, 6.45) is 2.13. The molecule has 1 aromatic carbocycles. The van der Waals surface area contributed by atoms with Crippen molar-refractivity contribution in [3.63, 3.8) is 0 Å². The van der Waals surface area contributed by atoms with Crippen molar-refractivity contribution in [3.05, 3.63) is 29.3 Å². The van der Waals surface area contributed by atoms with Gasteiger partial charge in [-0.25, -0.2) is 0 Å². The number of aryl methyl sites for hydroxylation is 2. The molecule has 0 aromatic heterocycles. The Morgan fingerprint density at radius 1 is 1.14 bits per heavy atom. The molecule has 0 saturated carbocycles. The van der Waals surface area contributed by atoms with Crippen LogP contribution in [0.2, 0.25) is 0 Å². The van der Waals surface area contributed by atoms with Gasteiger partial charge in [-0.1, -0.05) is 6.07 Å². The maximum absolute atomic E-state index is 11.9. The van der Waals surface area contributed by atoms with Crippen LogP contribution >= 0.6 is 0 Å². The minimum Gasteiger partial charge on any atom is -0.348 e. The summed E-state index contributed by atoms with van der Waals surface area (Å²) in [5.74, 6) is -0.692. The lowest BCUT2D eigenvalue weighted by Gasteiger charge is -2.28. The second-order valence-corrected chi connectivity index (χ2v) is 6.21. The van der Waals surface area contributed by atoms with Gasteiger partial charge in [-0.05, 0) is 76.0 Å². The first kappa shape index (κ1) is 16.5. The molecule has 1 aliphatic rings. The number of nitrogens with one attached hydrogen (secondary N) is 2. The molecule has 5 heteroatoms. The van der Waals surface area contributed by atoms with Crippen LogP contribution in [0.1, 0.15) is 24.0 Å². The molecule has 0 radical (unpaired) electrons. The van der Waals surface area contributed by atoms with Crippen LogP contribution in [0.4, 0.5) is 5.69 Å². The Morgan fingerprint density at radius 2 is 1.82 bits per heavy atom. The van der Waals surface area contributed by atoms with E-state index in [1.807, 2.05) is 32.0 Å². The van der Waals surface area contributed by atoms with E-state index in [-0.39, 0.29) is 0 Å². The number of piperidine rings is 1. The predicted octanol–water partition coefficient (Wildman–Crippen LogP) is 1.70. The molecule has 1 aliphatic heterocycles. The fourth-order valence-corrected chi connectivity index (χ4v) is 2.59. The lowest BCUT2D eigenvalue weighted by atomic mass is 9.97. The minimum absolute atomic E-state index is 0.467. The van der Waals surface area contributed by atoms with E-state index in [1.165, 1.54) is 0 Å². The lowest BCUT2D eigenvalue weighted by Crippen LogP contribution is -2.41. The van der Waals surface area contributed by atoms with E-state index in [4.69, 9.17) is 0 Å². The molecule has 5 nitrogen and oxygen atoms in total. The van der Waals surface area contributed by atoms with Gasteiger partial charge in [0, 0.05) is 12.2 Å². The summed E-state index contributed by atoms with van der Waals surface area (Å²) in [5, 5.41) is 5.39. The Hall–Kier alpha value is -1.88. The van der Waals surface area contributed by atoms with Crippen LogP contribution in [0.3, 0.4) is 0 Å². The summed E-state index contributed by atoms with van der Waals surface area (Å²) < 4.78 is 0. The zero-order valence-electron chi connectivity index (χ0n) is 13.6. The zero-order valence-corrected chi connectivity index (χ0v) is 13.6. The van der Waals surface area contributed by atoms with Gasteiger partial charge in [0.25, 0.3) is 0 Å². The van der Waals surface area contributed by atoms with Crippen molar-refractivity contribution in [2.24, 2.45) is 5.92 Å². The summed E-state index contributed by atoms with van der Waals surface area (Å²) in [6, 6.07) is 5.61. The second-order valence-electron chi connectivity index (χ2n) is 6.21. The number of nitrogens with zero attached hydrogens (tertiary/aromatic N) is 1. The highest BCUT2D eigenvalue weighted by Crippen LogP contribution is 2.15. The van der Waals surface area contributed by atoms with E-state index < -0.39 is 11.8 Å². The molecular formula is C17H25N3O2. The molecule has 1 saturated heterocycles. The fourth-order valence-electron chi connectivity index (χ4n) is 2.59. The number of rotatable bonds is 3. The standard InChI is InChI=1S/C17H25N3O2/c1-12-4-5-15(10-13(12)2)19-17(22)16(21)18-11-14-6-8-20(3)9-7-14/h4-5,10,14H,6-9,11H2,1-3H3,(H,18,21)(H,19,22). The number of likely N-dealkylation sites (tertiary alicyclic amines) is 1. The van der Waals surface area contributed by atoms with Crippen molar-refractivity contribution in [2.45, 2.75) is 26.7 Å². The molecule has 0 aliphatic carbocycles. The summed E-state index contributed by atoms with van der Waals surface area (Å²) in [4.78, 5) is 26.1. The van der Waals surface area contributed by atoms with E-state index in [1.54, 1.807) is 0 Å². The average Bonchev–Trinajstić information content (AvgIpc) is 2.50. The molecule has 1 heterocycles. The monoisotopic (exact) mass is 303 g/mol. The summed E-state index contributed by atoms with van der Waals surface area (Å²) in [7, 11) is 2.10. The van der Waals surface area contributed by atoms with Gasteiger partial charge < -0.3 is 15.5 Å². The number of hydrogen-bond donors (Lipinski definition) is 2. The normalized spacial score (nSPS) is 16.3. The van der Waals surface area contributed by atoms with Crippen LogP contribution in [0.5, 0.6) is 0 Å². The van der Waals surface area contributed by atoms with E-state index >= 15 is 0 Å². The van der Waals surface area contributed by atoms with Crippen molar-refractivity contribution >= 4 is 17.5 Å². The van der Waals surface area contributed by atoms with E-state index in [2.05, 4.69) is 22.6 Å². The number of benzene rings is 1. The first-order valence-electron chi connectivity index (χ1n) is 7.80. The quantitative estimate of drug-likeness (QED) is 0.836. The molecule has 0 unspecified atom stereocenters. The van der Waals surface area contributed by atoms with Crippen LogP contribution < -0.4 is 10.6 Å². The Kier molecular flexibility index (Phi) is 5.55. The Bertz CT molecular complexity index is 549. The van der Waals surface area contributed by atoms with Gasteiger partial charge in [0.1, 0.15) is 0 Å². The maximum Gasteiger partial charge on any atom is 0.313 e. The second kappa shape index (κ2) is 7.40. The maximum atomic E-state index is 11.9. The predicted molar refractivity (Wildman–Crippen MR) is 87.8 cm³/mol. The summed E-state index contributed by atoms with van der Waals surface area (Å²) >= 11 is 0. The van der Waals surface area contributed by atoms with Gasteiger partial charge in [-0.15, -0.1) is 0 Å². The van der Waals surface area contributed by atoms with Crippen molar-refractivity contribution < 1.29 is 9.59 Å². The molecule has 0 spiro atoms. The third-order valence-corrected chi connectivity index (χ3v) is 4.36. The molecule has 2 amide bonds. The first-order chi connectivity index (χ1) is 10.5. The molecule has 1 aromatic rings. The van der Waals surface area contributed by atoms with Gasteiger partial charge in [0.2, 0.25) is 0 Å². The molecule has 120 valence electrons. The highest BCUT2D eigenvalue weighted by molar-refractivity contribution is 6.39. The van der Waals surface area contributed by atoms with E-state index in [9.17, 15) is 9.59 Å². The number of carbonyl (C=O) groups excluding carboxylic acids is 2. The zero-order chi connectivity index (χ0) is 16.1. The highest BCUT2D eigenvalue weighted by atomic mass is 16.2. The first-order valence-corrected chi connectivity index (χ1v) is 7.80. The van der Waals surface area contributed by atoms with Crippen LogP contribution in [0.25, 0.3) is 0 Å². The SMILES string of the molecule is Cc1ccc(NC(=O)C(=O)NCC2CCN(C)CC2)cc1C. The largest absolute Gasteiger partial charge is 0.348 e. The smallest absolute Gasteiger partial charge is 0.313 e. The molecule has 2 rings (SSSR count). The van der Waals surface area contributed by atoms with E-state index in [0.717, 1.165) is 37.1 Å². The van der Waals surface area contributed by atoms with Crippen molar-refractivity contribution in [2.75, 3.05) is 32.0 Å². The van der Waals surface area contributed by atoms with Gasteiger partial charge in [0.05, 0.1) is 0 Å². The number of amides is 2. The molecule has 0 atom stereocenters. The number of carbonyl (C=O) groups is 2. The number of anilines is 1. The topological polar surface area (TPSA) is 61.4 Å². The fraction of sp³-hybridized carbons (Fsp3) is 0.529. The van der Waals surface area contributed by atoms with Gasteiger partial charge in [-0.3, -0.25) is 9.59 Å². The van der Waals surface area contributed by atoms with Crippen molar-refractivity contribution in [1.29, 1.82) is 0 Å². The van der Waals surface area contributed by atoms with Crippen LogP contribution in [0.15, 0.2) is 18.2 Å². The highest BCUT2D eigenvalue weighted by Gasteiger charge is 2.19. The van der Waals surface area contributed by atoms with Gasteiger partial charge in [-0.2, -0.15) is 0 Å². The summed E-state index contributed by atoms with van der Waals surface area (Å²) in [6.45, 7) is 6.66. The molecule has 1 fully saturated rings. The Labute approximate surface area is 132 Å². The Morgan fingerprint density at radius 3 is 2.45 bits per heavy atom. The van der Waals surface area contributed by atoms with Crippen LogP contribution in [-0.2, 0) is 9.59 Å². The van der Waals surface area contributed by atoms with Crippen molar-refractivity contribution in [1.82, 2.24) is 10.2 Å². The average molecular weight is 303 g/mol. The minimum atomic E-state index is -0.601. The van der Waals surface area contributed by atoms with Gasteiger partial charge >= 0.3 is 11.8 Å². The molecule has 0 bridgehead atoms. The third kappa shape index (κ3) is 4.56. The van der Waals surface area contributed by atoms with Crippen LogP contribution in [-0.4, -0.2) is 43.4 Å². The van der Waals surface area contributed by atoms with E-state index in [0.29, 0.717) is 18.2 Å². The Balaban J connectivity index is 1.79. The van der Waals surface area contributed by atoms with Gasteiger partial charge in [0.15, 0.2) is 0 Å². The summed E-state index contributed by atoms with van der Waals surface area (Å²) in [5.41, 5.74) is 2.90. The number of hydrogen-bond acceptors (Lipinski definition) is 3. The molecular weight excluding hydrogens is 278 g/mol. The third-order valence-electron chi connectivity index (χ3n) is 4.36. The van der Waals surface area contributed by atoms with Crippen molar-refractivity contribution in [3.8, 4) is 0 Å². The molecule has 2 N–H and O–H groups in total. The van der Waals surface area contributed by atoms with Crippen LogP contribution in [0, 0.1) is 19.8 Å².